The lowest BCUT2D eigenvalue weighted by Gasteiger charge is -2.39. The van der Waals surface area contributed by atoms with Crippen LogP contribution < -0.4 is 11.3 Å². The predicted octanol–water partition coefficient (Wildman–Crippen LogP) is 0.545. The lowest BCUT2D eigenvalue weighted by Crippen LogP contribution is -2.50. The van der Waals surface area contributed by atoms with Crippen LogP contribution in [0.2, 0.25) is 0 Å². The van der Waals surface area contributed by atoms with E-state index in [1.54, 1.807) is 6.33 Å². The highest BCUT2D eigenvalue weighted by Crippen LogP contribution is 2.39. The van der Waals surface area contributed by atoms with E-state index in [9.17, 15) is 0 Å². The maximum atomic E-state index is 5.84. The lowest BCUT2D eigenvalue weighted by molar-refractivity contribution is 0.111. The molecule has 0 aromatic carbocycles. The smallest absolute Gasteiger partial charge is 0.138 e. The van der Waals surface area contributed by atoms with Crippen molar-refractivity contribution in [2.45, 2.75) is 63.7 Å². The van der Waals surface area contributed by atoms with Gasteiger partial charge in [-0.3, -0.25) is 16.0 Å². The fourth-order valence-corrected chi connectivity index (χ4v) is 4.05. The molecule has 0 aliphatic carbocycles. The Labute approximate surface area is 120 Å². The zero-order chi connectivity index (χ0) is 14.1. The zero-order valence-electron chi connectivity index (χ0n) is 12.5. The average molecular weight is 278 g/mol. The summed E-state index contributed by atoms with van der Waals surface area (Å²) >= 11 is 0. The molecule has 1 aromatic heterocycles. The van der Waals surface area contributed by atoms with E-state index in [0.29, 0.717) is 12.0 Å². The van der Waals surface area contributed by atoms with Crippen LogP contribution in [-0.2, 0) is 13.0 Å². The number of hydrazine groups is 1. The van der Waals surface area contributed by atoms with Gasteiger partial charge in [0.15, 0.2) is 0 Å². The van der Waals surface area contributed by atoms with Gasteiger partial charge in [0, 0.05) is 31.1 Å². The van der Waals surface area contributed by atoms with Crippen molar-refractivity contribution < 1.29 is 0 Å². The number of aryl methyl sites for hydroxylation is 1. The molecule has 3 heterocycles. The molecule has 3 N–H and O–H groups in total. The minimum absolute atomic E-state index is 0.307. The first-order valence-corrected chi connectivity index (χ1v) is 7.77. The third-order valence-electron chi connectivity index (χ3n) is 5.32. The fraction of sp³-hybridized carbons (Fsp3) is 0.857. The molecule has 2 saturated heterocycles. The Morgan fingerprint density at radius 1 is 1.40 bits per heavy atom. The topological polar surface area (TPSA) is 72.0 Å². The quantitative estimate of drug-likeness (QED) is 0.608. The summed E-state index contributed by atoms with van der Waals surface area (Å²) in [6, 6.07) is 1.80. The molecule has 2 bridgehead atoms. The van der Waals surface area contributed by atoms with Crippen LogP contribution in [0.1, 0.15) is 38.4 Å². The molecule has 2 aliphatic rings. The van der Waals surface area contributed by atoms with E-state index in [0.717, 1.165) is 30.9 Å². The van der Waals surface area contributed by atoms with Crippen molar-refractivity contribution in [3.8, 4) is 0 Å². The third kappa shape index (κ3) is 2.47. The Balaban J connectivity index is 1.68. The van der Waals surface area contributed by atoms with Gasteiger partial charge in [-0.15, -0.1) is 0 Å². The van der Waals surface area contributed by atoms with Crippen molar-refractivity contribution in [3.63, 3.8) is 0 Å². The van der Waals surface area contributed by atoms with Crippen LogP contribution in [0.4, 0.5) is 0 Å². The van der Waals surface area contributed by atoms with Crippen molar-refractivity contribution in [2.75, 3.05) is 7.05 Å². The van der Waals surface area contributed by atoms with Gasteiger partial charge in [0.05, 0.1) is 0 Å². The van der Waals surface area contributed by atoms with Crippen LogP contribution in [0, 0.1) is 5.92 Å². The molecule has 0 spiro atoms. The van der Waals surface area contributed by atoms with Crippen molar-refractivity contribution >= 4 is 0 Å². The highest BCUT2D eigenvalue weighted by Gasteiger charge is 2.40. The molecule has 3 unspecified atom stereocenters. The number of rotatable bonds is 5. The van der Waals surface area contributed by atoms with Crippen molar-refractivity contribution in [1.29, 1.82) is 0 Å². The van der Waals surface area contributed by atoms with E-state index in [1.165, 1.54) is 25.7 Å². The van der Waals surface area contributed by atoms with Crippen LogP contribution in [0.3, 0.4) is 0 Å². The lowest BCUT2D eigenvalue weighted by atomic mass is 9.84. The second-order valence-corrected chi connectivity index (χ2v) is 6.25. The number of nitrogens with two attached hydrogens (primary N) is 1. The van der Waals surface area contributed by atoms with Gasteiger partial charge in [-0.2, -0.15) is 5.10 Å². The monoisotopic (exact) mass is 278 g/mol. The number of piperidine rings is 1. The van der Waals surface area contributed by atoms with Crippen LogP contribution in [0.25, 0.3) is 0 Å². The molecule has 6 heteroatoms. The molecule has 1 aromatic rings. The van der Waals surface area contributed by atoms with E-state index in [1.807, 2.05) is 4.68 Å². The van der Waals surface area contributed by atoms with Gasteiger partial charge in [-0.25, -0.2) is 4.98 Å². The Kier molecular flexibility index (Phi) is 4.05. The van der Waals surface area contributed by atoms with E-state index < -0.39 is 0 Å². The molecule has 3 rings (SSSR count). The first-order chi connectivity index (χ1) is 9.72. The molecule has 112 valence electrons. The molecule has 0 amide bonds. The van der Waals surface area contributed by atoms with Crippen molar-refractivity contribution in [2.24, 2.45) is 11.8 Å². The molecular weight excluding hydrogens is 252 g/mol. The number of nitrogens with one attached hydrogen (secondary N) is 1. The van der Waals surface area contributed by atoms with Gasteiger partial charge < -0.3 is 4.90 Å². The standard InChI is InChI=1S/C14H26N6/c1-3-20-14(16-9-17-20)8-13(18-15)10-6-11-4-5-12(7-10)19(11)2/h9-13,18H,3-8,15H2,1-2H3. The summed E-state index contributed by atoms with van der Waals surface area (Å²) in [7, 11) is 2.27. The first kappa shape index (κ1) is 14.0. The summed E-state index contributed by atoms with van der Waals surface area (Å²) in [6.07, 6.45) is 7.72. The Morgan fingerprint density at radius 2 is 2.10 bits per heavy atom. The third-order valence-corrected chi connectivity index (χ3v) is 5.32. The van der Waals surface area contributed by atoms with Gasteiger partial charge in [0.2, 0.25) is 0 Å². The Bertz CT molecular complexity index is 431. The Morgan fingerprint density at radius 3 is 2.70 bits per heavy atom. The largest absolute Gasteiger partial charge is 0.300 e. The predicted molar refractivity (Wildman–Crippen MR) is 77.8 cm³/mol. The summed E-state index contributed by atoms with van der Waals surface area (Å²) in [5.74, 6) is 7.53. The second-order valence-electron chi connectivity index (χ2n) is 6.25. The van der Waals surface area contributed by atoms with Gasteiger partial charge in [-0.1, -0.05) is 0 Å². The SMILES string of the molecule is CCn1ncnc1CC(NN)C1CC2CCC(C1)N2C. The van der Waals surface area contributed by atoms with Crippen LogP contribution in [0.15, 0.2) is 6.33 Å². The first-order valence-electron chi connectivity index (χ1n) is 7.77. The number of hydrogen-bond donors (Lipinski definition) is 2. The second kappa shape index (κ2) is 5.79. The normalized spacial score (nSPS) is 31.6. The highest BCUT2D eigenvalue weighted by molar-refractivity contribution is 4.99. The minimum atomic E-state index is 0.307. The van der Waals surface area contributed by atoms with Crippen LogP contribution in [0.5, 0.6) is 0 Å². The molecule has 2 fully saturated rings. The van der Waals surface area contributed by atoms with Gasteiger partial charge in [-0.05, 0) is 45.6 Å². The number of hydrogen-bond acceptors (Lipinski definition) is 5. The zero-order valence-corrected chi connectivity index (χ0v) is 12.5. The number of aromatic nitrogens is 3. The molecule has 2 aliphatic heterocycles. The van der Waals surface area contributed by atoms with Crippen LogP contribution >= 0.6 is 0 Å². The average Bonchev–Trinajstić information content (AvgIpc) is 2.97. The van der Waals surface area contributed by atoms with E-state index in [4.69, 9.17) is 5.84 Å². The molecule has 0 radical (unpaired) electrons. The maximum absolute atomic E-state index is 5.84. The summed E-state index contributed by atoms with van der Waals surface area (Å²) in [5.41, 5.74) is 3.05. The number of fused-ring (bicyclic) bond motifs is 2. The molecular formula is C14H26N6. The van der Waals surface area contributed by atoms with Gasteiger partial charge >= 0.3 is 0 Å². The van der Waals surface area contributed by atoms with Gasteiger partial charge in [0.1, 0.15) is 12.2 Å². The van der Waals surface area contributed by atoms with E-state index in [-0.39, 0.29) is 0 Å². The molecule has 3 atom stereocenters. The van der Waals surface area contributed by atoms with E-state index >= 15 is 0 Å². The molecule has 20 heavy (non-hydrogen) atoms. The molecule has 0 saturated carbocycles. The van der Waals surface area contributed by atoms with Gasteiger partial charge in [0.25, 0.3) is 0 Å². The van der Waals surface area contributed by atoms with E-state index in [2.05, 4.69) is 34.4 Å². The summed E-state index contributed by atoms with van der Waals surface area (Å²) in [5, 5.41) is 4.25. The Hall–Kier alpha value is -0.980. The maximum Gasteiger partial charge on any atom is 0.138 e. The molecule has 6 nitrogen and oxygen atoms in total. The fourth-order valence-electron chi connectivity index (χ4n) is 4.05. The summed E-state index contributed by atoms with van der Waals surface area (Å²) in [6.45, 7) is 2.96. The van der Waals surface area contributed by atoms with Crippen LogP contribution in [-0.4, -0.2) is 44.8 Å². The van der Waals surface area contributed by atoms with Crippen molar-refractivity contribution in [1.82, 2.24) is 25.1 Å². The summed E-state index contributed by atoms with van der Waals surface area (Å²) < 4.78 is 1.97. The minimum Gasteiger partial charge on any atom is -0.300 e. The number of nitrogens with zero attached hydrogens (tertiary/aromatic N) is 4. The highest BCUT2D eigenvalue weighted by atomic mass is 15.3. The van der Waals surface area contributed by atoms with Crippen molar-refractivity contribution in [3.05, 3.63) is 12.2 Å². The summed E-state index contributed by atoms with van der Waals surface area (Å²) in [4.78, 5) is 6.95.